The second-order valence-electron chi connectivity index (χ2n) is 5.77. The van der Waals surface area contributed by atoms with Gasteiger partial charge in [-0.3, -0.25) is 4.79 Å². The van der Waals surface area contributed by atoms with Gasteiger partial charge in [0, 0.05) is 19.2 Å². The lowest BCUT2D eigenvalue weighted by molar-refractivity contribution is 0.0950. The number of nitrogens with one attached hydrogen (secondary N) is 1. The van der Waals surface area contributed by atoms with Crippen LogP contribution in [0.25, 0.3) is 0 Å². The van der Waals surface area contributed by atoms with E-state index < -0.39 is 0 Å². The maximum Gasteiger partial charge on any atom is 0.275 e. The Balaban J connectivity index is 1.67. The molecule has 0 aromatic heterocycles. The third-order valence-corrected chi connectivity index (χ3v) is 5.09. The summed E-state index contributed by atoms with van der Waals surface area (Å²) in [7, 11) is 0. The van der Waals surface area contributed by atoms with Gasteiger partial charge in [0.25, 0.3) is 5.91 Å². The number of hydrazone groups is 1. The first-order chi connectivity index (χ1) is 13.5. The molecule has 0 saturated carbocycles. The van der Waals surface area contributed by atoms with E-state index in [1.807, 2.05) is 24.3 Å². The molecule has 0 spiro atoms. The molecule has 0 bridgehead atoms. The SMILES string of the molecule is O=C(N/N=C/c1ccc(I)cc1)c1ccccc1OCc1ccc(Cl)cc1Cl. The van der Waals surface area contributed by atoms with Gasteiger partial charge in [0.2, 0.25) is 0 Å². The topological polar surface area (TPSA) is 50.7 Å². The highest BCUT2D eigenvalue weighted by atomic mass is 127. The zero-order valence-electron chi connectivity index (χ0n) is 14.5. The zero-order valence-corrected chi connectivity index (χ0v) is 18.2. The Labute approximate surface area is 186 Å². The molecule has 4 nitrogen and oxygen atoms in total. The summed E-state index contributed by atoms with van der Waals surface area (Å²) < 4.78 is 6.93. The molecule has 0 heterocycles. The molecule has 3 aromatic carbocycles. The predicted octanol–water partition coefficient (Wildman–Crippen LogP) is 5.94. The van der Waals surface area contributed by atoms with Crippen molar-refractivity contribution in [3.63, 3.8) is 0 Å². The van der Waals surface area contributed by atoms with E-state index in [9.17, 15) is 4.79 Å². The molecule has 0 radical (unpaired) electrons. The number of halogens is 3. The van der Waals surface area contributed by atoms with Crippen LogP contribution in [0.5, 0.6) is 5.75 Å². The monoisotopic (exact) mass is 524 g/mol. The summed E-state index contributed by atoms with van der Waals surface area (Å²) in [4.78, 5) is 12.5. The largest absolute Gasteiger partial charge is 0.488 e. The Morgan fingerprint density at radius 2 is 1.82 bits per heavy atom. The highest BCUT2D eigenvalue weighted by Gasteiger charge is 2.12. The van der Waals surface area contributed by atoms with E-state index in [1.54, 1.807) is 48.7 Å². The normalized spacial score (nSPS) is 10.8. The molecule has 3 rings (SSSR count). The van der Waals surface area contributed by atoms with Crippen LogP contribution in [0.15, 0.2) is 71.8 Å². The minimum absolute atomic E-state index is 0.214. The second kappa shape index (κ2) is 9.91. The Kier molecular flexibility index (Phi) is 7.30. The lowest BCUT2D eigenvalue weighted by Gasteiger charge is -2.11. The van der Waals surface area contributed by atoms with Gasteiger partial charge in [-0.15, -0.1) is 0 Å². The maximum atomic E-state index is 12.5. The Morgan fingerprint density at radius 1 is 1.07 bits per heavy atom. The van der Waals surface area contributed by atoms with Crippen molar-refractivity contribution in [2.75, 3.05) is 0 Å². The fraction of sp³-hybridized carbons (Fsp3) is 0.0476. The number of carbonyl (C=O) groups is 1. The molecule has 0 saturated heterocycles. The van der Waals surface area contributed by atoms with Crippen LogP contribution in [0.3, 0.4) is 0 Å². The molecule has 0 aliphatic rings. The first kappa shape index (κ1) is 20.6. The molecule has 28 heavy (non-hydrogen) atoms. The summed E-state index contributed by atoms with van der Waals surface area (Å²) in [5, 5.41) is 5.08. The van der Waals surface area contributed by atoms with E-state index in [1.165, 1.54) is 0 Å². The highest BCUT2D eigenvalue weighted by Crippen LogP contribution is 2.24. The summed E-state index contributed by atoms with van der Waals surface area (Å²) in [6, 6.07) is 19.9. The van der Waals surface area contributed by atoms with Crippen LogP contribution < -0.4 is 10.2 Å². The van der Waals surface area contributed by atoms with Gasteiger partial charge in [0.15, 0.2) is 0 Å². The Bertz CT molecular complexity index is 1010. The van der Waals surface area contributed by atoms with Crippen molar-refractivity contribution >= 4 is 57.9 Å². The summed E-state index contributed by atoms with van der Waals surface area (Å²) in [6.45, 7) is 0.214. The van der Waals surface area contributed by atoms with Crippen LogP contribution in [-0.4, -0.2) is 12.1 Å². The van der Waals surface area contributed by atoms with Crippen molar-refractivity contribution in [1.82, 2.24) is 5.43 Å². The average Bonchev–Trinajstić information content (AvgIpc) is 2.69. The minimum atomic E-state index is -0.362. The van der Waals surface area contributed by atoms with Gasteiger partial charge >= 0.3 is 0 Å². The van der Waals surface area contributed by atoms with Gasteiger partial charge in [0.05, 0.1) is 11.8 Å². The van der Waals surface area contributed by atoms with Gasteiger partial charge in [-0.1, -0.05) is 53.5 Å². The van der Waals surface area contributed by atoms with Crippen LogP contribution in [0.1, 0.15) is 21.5 Å². The number of benzene rings is 3. The molecule has 3 aromatic rings. The highest BCUT2D eigenvalue weighted by molar-refractivity contribution is 14.1. The van der Waals surface area contributed by atoms with Crippen LogP contribution >= 0.6 is 45.8 Å². The molecule has 7 heteroatoms. The fourth-order valence-corrected chi connectivity index (χ4v) is 3.17. The number of carbonyl (C=O) groups excluding carboxylic acids is 1. The minimum Gasteiger partial charge on any atom is -0.488 e. The van der Waals surface area contributed by atoms with Gasteiger partial charge in [-0.05, 0) is 64.6 Å². The number of para-hydroxylation sites is 1. The average molecular weight is 525 g/mol. The molecule has 1 N–H and O–H groups in total. The van der Waals surface area contributed by atoms with Crippen molar-refractivity contribution in [3.05, 3.63) is 97.0 Å². The zero-order chi connectivity index (χ0) is 19.9. The summed E-state index contributed by atoms with van der Waals surface area (Å²) in [5.74, 6) is 0.0787. The van der Waals surface area contributed by atoms with E-state index in [0.29, 0.717) is 21.4 Å². The van der Waals surface area contributed by atoms with Crippen LogP contribution in [0.4, 0.5) is 0 Å². The molecule has 0 aliphatic heterocycles. The molecule has 142 valence electrons. The van der Waals surface area contributed by atoms with Crippen LogP contribution in [-0.2, 0) is 6.61 Å². The molecular weight excluding hydrogens is 510 g/mol. The third kappa shape index (κ3) is 5.70. The maximum absolute atomic E-state index is 12.5. The van der Waals surface area contributed by atoms with E-state index in [-0.39, 0.29) is 12.5 Å². The number of rotatable bonds is 6. The van der Waals surface area contributed by atoms with Crippen LogP contribution in [0, 0.1) is 3.57 Å². The fourth-order valence-electron chi connectivity index (χ4n) is 2.35. The van der Waals surface area contributed by atoms with Crippen molar-refractivity contribution in [2.24, 2.45) is 5.10 Å². The molecule has 0 atom stereocenters. The Hall–Kier alpha value is -2.09. The van der Waals surface area contributed by atoms with Crippen molar-refractivity contribution in [2.45, 2.75) is 6.61 Å². The summed E-state index contributed by atoms with van der Waals surface area (Å²) in [5.41, 5.74) is 4.57. The van der Waals surface area contributed by atoms with E-state index in [0.717, 1.165) is 14.7 Å². The molecule has 0 fully saturated rings. The second-order valence-corrected chi connectivity index (χ2v) is 7.86. The van der Waals surface area contributed by atoms with Crippen molar-refractivity contribution < 1.29 is 9.53 Å². The lowest BCUT2D eigenvalue weighted by Crippen LogP contribution is -2.18. The quantitative estimate of drug-likeness (QED) is 0.246. The Morgan fingerprint density at radius 3 is 2.57 bits per heavy atom. The molecule has 0 unspecified atom stereocenters. The number of ether oxygens (including phenoxy) is 1. The standard InChI is InChI=1S/C21H15Cl2IN2O2/c22-16-8-7-15(19(23)11-16)13-28-20-4-2-1-3-18(20)21(27)26-25-12-14-5-9-17(24)10-6-14/h1-12H,13H2,(H,26,27)/b25-12+. The number of nitrogens with zero attached hydrogens (tertiary/aromatic N) is 1. The van der Waals surface area contributed by atoms with E-state index >= 15 is 0 Å². The number of hydrogen-bond donors (Lipinski definition) is 1. The third-order valence-electron chi connectivity index (χ3n) is 3.78. The van der Waals surface area contributed by atoms with E-state index in [2.05, 4.69) is 33.1 Å². The lowest BCUT2D eigenvalue weighted by atomic mass is 10.2. The smallest absolute Gasteiger partial charge is 0.275 e. The summed E-state index contributed by atoms with van der Waals surface area (Å²) in [6.07, 6.45) is 1.59. The molecule has 0 aliphatic carbocycles. The molecular formula is C21H15Cl2IN2O2. The number of hydrogen-bond acceptors (Lipinski definition) is 3. The van der Waals surface area contributed by atoms with Crippen molar-refractivity contribution in [1.29, 1.82) is 0 Å². The predicted molar refractivity (Wildman–Crippen MR) is 121 cm³/mol. The van der Waals surface area contributed by atoms with Crippen LogP contribution in [0.2, 0.25) is 10.0 Å². The van der Waals surface area contributed by atoms with E-state index in [4.69, 9.17) is 27.9 Å². The number of amides is 1. The van der Waals surface area contributed by atoms with Crippen molar-refractivity contribution in [3.8, 4) is 5.75 Å². The van der Waals surface area contributed by atoms with Gasteiger partial charge in [-0.2, -0.15) is 5.10 Å². The molecule has 1 amide bonds. The van der Waals surface area contributed by atoms with Gasteiger partial charge in [0.1, 0.15) is 12.4 Å². The summed E-state index contributed by atoms with van der Waals surface area (Å²) >= 11 is 14.3. The van der Waals surface area contributed by atoms with Gasteiger partial charge < -0.3 is 4.74 Å². The first-order valence-corrected chi connectivity index (χ1v) is 10.1. The van der Waals surface area contributed by atoms with Gasteiger partial charge in [-0.25, -0.2) is 5.43 Å². The first-order valence-electron chi connectivity index (χ1n) is 8.27.